The van der Waals surface area contributed by atoms with E-state index in [9.17, 15) is 0 Å². The second-order valence-electron chi connectivity index (χ2n) is 2.73. The Labute approximate surface area is 55.7 Å². The van der Waals surface area contributed by atoms with Crippen molar-refractivity contribution < 1.29 is 4.42 Å². The highest BCUT2D eigenvalue weighted by Gasteiger charge is 1.96. The zero-order valence-corrected chi connectivity index (χ0v) is 5.92. The zero-order valence-electron chi connectivity index (χ0n) is 5.92. The molecule has 1 aromatic heterocycles. The first-order valence-corrected chi connectivity index (χ1v) is 3.30. The Hall–Kier alpha value is -0.720. The van der Waals surface area contributed by atoms with E-state index in [0.29, 0.717) is 0 Å². The van der Waals surface area contributed by atoms with Crippen molar-refractivity contribution in [1.29, 1.82) is 0 Å². The summed E-state index contributed by atoms with van der Waals surface area (Å²) in [6, 6.07) is 2.01. The van der Waals surface area contributed by atoms with Crippen LogP contribution < -0.4 is 0 Å². The highest BCUT2D eigenvalue weighted by Crippen LogP contribution is 2.06. The van der Waals surface area contributed by atoms with Gasteiger partial charge < -0.3 is 4.42 Å². The van der Waals surface area contributed by atoms with E-state index in [1.54, 1.807) is 12.5 Å². The van der Waals surface area contributed by atoms with Crippen molar-refractivity contribution in [3.8, 4) is 0 Å². The van der Waals surface area contributed by atoms with E-state index in [0.717, 1.165) is 12.3 Å². The van der Waals surface area contributed by atoms with Crippen molar-refractivity contribution in [2.24, 2.45) is 5.92 Å². The van der Waals surface area contributed by atoms with Gasteiger partial charge >= 0.3 is 0 Å². The topological polar surface area (TPSA) is 13.1 Å². The largest absolute Gasteiger partial charge is 0.472 e. The molecule has 0 spiro atoms. The van der Waals surface area contributed by atoms with Gasteiger partial charge in [-0.2, -0.15) is 0 Å². The molecule has 0 aliphatic rings. The lowest BCUT2D eigenvalue weighted by Crippen LogP contribution is -1.90. The van der Waals surface area contributed by atoms with E-state index < -0.39 is 0 Å². The van der Waals surface area contributed by atoms with Crippen LogP contribution in [0.2, 0.25) is 0 Å². The van der Waals surface area contributed by atoms with Crippen molar-refractivity contribution >= 4 is 0 Å². The number of hydrogen-bond donors (Lipinski definition) is 0. The zero-order chi connectivity index (χ0) is 6.69. The Kier molecular flexibility index (Phi) is 1.93. The summed E-state index contributed by atoms with van der Waals surface area (Å²) in [5.74, 6) is 0.725. The van der Waals surface area contributed by atoms with Crippen LogP contribution in [0.4, 0.5) is 0 Å². The predicted molar refractivity (Wildman–Crippen MR) is 37.2 cm³/mol. The van der Waals surface area contributed by atoms with Crippen LogP contribution in [0.1, 0.15) is 19.4 Å². The lowest BCUT2D eigenvalue weighted by Gasteiger charge is -1.98. The molecule has 9 heavy (non-hydrogen) atoms. The molecule has 0 saturated heterocycles. The molecule has 0 N–H and O–H groups in total. The standard InChI is InChI=1S/C8H12O/c1-7(2)5-8-3-4-9-6-8/h3-4,6-7H,5H2,1-2H3. The van der Waals surface area contributed by atoms with E-state index >= 15 is 0 Å². The Morgan fingerprint density at radius 2 is 2.33 bits per heavy atom. The SMILES string of the molecule is CC(C)Cc1ccoc1. The first kappa shape index (κ1) is 6.40. The van der Waals surface area contributed by atoms with Gasteiger partial charge in [0, 0.05) is 0 Å². The van der Waals surface area contributed by atoms with Crippen LogP contribution in [0.3, 0.4) is 0 Å². The average Bonchev–Trinajstić information content (AvgIpc) is 2.15. The highest BCUT2D eigenvalue weighted by atomic mass is 16.3. The predicted octanol–water partition coefficient (Wildman–Crippen LogP) is 2.48. The molecule has 0 saturated carbocycles. The Balaban J connectivity index is 2.48. The van der Waals surface area contributed by atoms with Crippen LogP contribution >= 0.6 is 0 Å². The first-order chi connectivity index (χ1) is 4.29. The van der Waals surface area contributed by atoms with Gasteiger partial charge in [0.1, 0.15) is 0 Å². The van der Waals surface area contributed by atoms with Crippen molar-refractivity contribution in [3.05, 3.63) is 24.2 Å². The average molecular weight is 124 g/mol. The fraction of sp³-hybridized carbons (Fsp3) is 0.500. The summed E-state index contributed by atoms with van der Waals surface area (Å²) in [6.45, 7) is 4.40. The highest BCUT2D eigenvalue weighted by molar-refractivity contribution is 5.05. The fourth-order valence-electron chi connectivity index (χ4n) is 0.880. The smallest absolute Gasteiger partial charge is 0.0934 e. The summed E-state index contributed by atoms with van der Waals surface area (Å²) in [4.78, 5) is 0. The van der Waals surface area contributed by atoms with Gasteiger partial charge in [-0.15, -0.1) is 0 Å². The number of hydrogen-bond acceptors (Lipinski definition) is 1. The maximum Gasteiger partial charge on any atom is 0.0934 e. The van der Waals surface area contributed by atoms with Crippen LogP contribution in [0.5, 0.6) is 0 Å². The molecule has 0 aliphatic heterocycles. The molecule has 1 heteroatoms. The molecule has 0 radical (unpaired) electrons. The maximum atomic E-state index is 4.92. The van der Waals surface area contributed by atoms with Gasteiger partial charge in [-0.3, -0.25) is 0 Å². The number of rotatable bonds is 2. The molecular formula is C8H12O. The van der Waals surface area contributed by atoms with Gasteiger partial charge in [0.25, 0.3) is 0 Å². The first-order valence-electron chi connectivity index (χ1n) is 3.30. The Morgan fingerprint density at radius 3 is 2.78 bits per heavy atom. The summed E-state index contributed by atoms with van der Waals surface area (Å²) >= 11 is 0. The third kappa shape index (κ3) is 1.92. The Bertz CT molecular complexity index is 151. The summed E-state index contributed by atoms with van der Waals surface area (Å²) in [5.41, 5.74) is 1.30. The quantitative estimate of drug-likeness (QED) is 0.590. The third-order valence-corrected chi connectivity index (χ3v) is 1.22. The van der Waals surface area contributed by atoms with Crippen LogP contribution in [-0.4, -0.2) is 0 Å². The van der Waals surface area contributed by atoms with Crippen LogP contribution in [0.15, 0.2) is 23.0 Å². The second-order valence-corrected chi connectivity index (χ2v) is 2.73. The van der Waals surface area contributed by atoms with Gasteiger partial charge in [-0.05, 0) is 24.0 Å². The Morgan fingerprint density at radius 1 is 1.56 bits per heavy atom. The second kappa shape index (κ2) is 2.72. The van der Waals surface area contributed by atoms with Crippen molar-refractivity contribution in [2.45, 2.75) is 20.3 Å². The van der Waals surface area contributed by atoms with Gasteiger partial charge in [0.2, 0.25) is 0 Å². The summed E-state index contributed by atoms with van der Waals surface area (Å²) in [6.07, 6.45) is 4.65. The molecule has 0 unspecified atom stereocenters. The van der Waals surface area contributed by atoms with Crippen LogP contribution in [0.25, 0.3) is 0 Å². The van der Waals surface area contributed by atoms with E-state index in [1.165, 1.54) is 5.56 Å². The van der Waals surface area contributed by atoms with E-state index in [-0.39, 0.29) is 0 Å². The molecule has 0 amide bonds. The maximum absolute atomic E-state index is 4.92. The lowest BCUT2D eigenvalue weighted by molar-refractivity contribution is 0.557. The molecule has 1 heterocycles. The monoisotopic (exact) mass is 124 g/mol. The molecular weight excluding hydrogens is 112 g/mol. The lowest BCUT2D eigenvalue weighted by atomic mass is 10.1. The minimum atomic E-state index is 0.725. The molecule has 0 aromatic carbocycles. The van der Waals surface area contributed by atoms with E-state index in [2.05, 4.69) is 13.8 Å². The molecule has 0 atom stereocenters. The van der Waals surface area contributed by atoms with Crippen molar-refractivity contribution in [3.63, 3.8) is 0 Å². The van der Waals surface area contributed by atoms with Crippen LogP contribution in [-0.2, 0) is 6.42 Å². The molecule has 0 bridgehead atoms. The fourth-order valence-corrected chi connectivity index (χ4v) is 0.880. The van der Waals surface area contributed by atoms with Gasteiger partial charge in [-0.1, -0.05) is 13.8 Å². The molecule has 50 valence electrons. The number of furan rings is 1. The summed E-state index contributed by atoms with van der Waals surface area (Å²) in [5, 5.41) is 0. The molecule has 0 fully saturated rings. The van der Waals surface area contributed by atoms with Gasteiger partial charge in [0.15, 0.2) is 0 Å². The van der Waals surface area contributed by atoms with E-state index in [1.807, 2.05) is 6.07 Å². The molecule has 1 aromatic rings. The normalized spacial score (nSPS) is 10.6. The van der Waals surface area contributed by atoms with Gasteiger partial charge in [-0.25, -0.2) is 0 Å². The minimum Gasteiger partial charge on any atom is -0.472 e. The third-order valence-electron chi connectivity index (χ3n) is 1.22. The molecule has 1 rings (SSSR count). The minimum absolute atomic E-state index is 0.725. The van der Waals surface area contributed by atoms with Crippen molar-refractivity contribution in [1.82, 2.24) is 0 Å². The summed E-state index contributed by atoms with van der Waals surface area (Å²) in [7, 11) is 0. The van der Waals surface area contributed by atoms with Crippen LogP contribution in [0, 0.1) is 5.92 Å². The van der Waals surface area contributed by atoms with E-state index in [4.69, 9.17) is 4.42 Å². The molecule has 1 nitrogen and oxygen atoms in total. The van der Waals surface area contributed by atoms with Crippen molar-refractivity contribution in [2.75, 3.05) is 0 Å². The molecule has 0 aliphatic carbocycles. The van der Waals surface area contributed by atoms with Gasteiger partial charge in [0.05, 0.1) is 12.5 Å². The summed E-state index contributed by atoms with van der Waals surface area (Å²) < 4.78 is 4.92.